The minimum atomic E-state index is -3.57. The Bertz CT molecular complexity index is 835. The number of hydrogen-bond donors (Lipinski definition) is 0. The third-order valence-corrected chi connectivity index (χ3v) is 5.93. The number of halogens is 1. The monoisotopic (exact) mass is 371 g/mol. The highest BCUT2D eigenvalue weighted by Crippen LogP contribution is 2.39. The van der Waals surface area contributed by atoms with Gasteiger partial charge in [0.1, 0.15) is 0 Å². The van der Waals surface area contributed by atoms with Crippen LogP contribution in [0.15, 0.2) is 52.3 Å². The van der Waals surface area contributed by atoms with Crippen LogP contribution < -0.4 is 0 Å². The van der Waals surface area contributed by atoms with Crippen LogP contribution in [0.4, 0.5) is 5.69 Å². The molecule has 2 rings (SSSR count). The molecule has 23 heavy (non-hydrogen) atoms. The van der Waals surface area contributed by atoms with E-state index in [0.717, 1.165) is 17.9 Å². The van der Waals surface area contributed by atoms with Gasteiger partial charge in [-0.25, -0.2) is 8.42 Å². The normalized spacial score (nSPS) is 12.8. The molecule has 1 atom stereocenters. The number of rotatable bonds is 5. The highest BCUT2D eigenvalue weighted by molar-refractivity contribution is 8.00. The molecule has 0 bridgehead atoms. The van der Waals surface area contributed by atoms with Crippen molar-refractivity contribution in [1.82, 2.24) is 0 Å². The number of nitrogens with zero attached hydrogens (tertiary/aromatic N) is 1. The van der Waals surface area contributed by atoms with E-state index in [1.54, 1.807) is 12.1 Å². The first kappa shape index (κ1) is 17.8. The molecule has 0 spiro atoms. The Morgan fingerprint density at radius 2 is 1.78 bits per heavy atom. The topological polar surface area (TPSA) is 77.3 Å². The van der Waals surface area contributed by atoms with Crippen molar-refractivity contribution in [2.75, 3.05) is 6.26 Å². The van der Waals surface area contributed by atoms with Crippen LogP contribution in [0.5, 0.6) is 0 Å². The van der Waals surface area contributed by atoms with Crippen molar-refractivity contribution < 1.29 is 13.3 Å². The number of thioether (sulfide) groups is 1. The van der Waals surface area contributed by atoms with Crippen molar-refractivity contribution >= 4 is 38.9 Å². The Labute approximate surface area is 143 Å². The quantitative estimate of drug-likeness (QED) is 0.439. The van der Waals surface area contributed by atoms with E-state index < -0.39 is 14.8 Å². The van der Waals surface area contributed by atoms with Crippen LogP contribution in [0, 0.1) is 10.1 Å². The van der Waals surface area contributed by atoms with Crippen LogP contribution >= 0.6 is 23.4 Å². The van der Waals surface area contributed by atoms with Gasteiger partial charge in [-0.15, -0.1) is 11.8 Å². The van der Waals surface area contributed by atoms with Crippen molar-refractivity contribution in [3.8, 4) is 0 Å². The summed E-state index contributed by atoms with van der Waals surface area (Å²) in [7, 11) is -3.57. The molecule has 0 saturated carbocycles. The van der Waals surface area contributed by atoms with Crippen LogP contribution in [0.2, 0.25) is 5.02 Å². The SMILES string of the molecule is CC(Sc1ccc([N+](=O)[O-])cc1S(C)(=O)=O)c1ccc(Cl)cc1. The number of benzene rings is 2. The second kappa shape index (κ2) is 6.90. The van der Waals surface area contributed by atoms with Gasteiger partial charge in [0.15, 0.2) is 9.84 Å². The summed E-state index contributed by atoms with van der Waals surface area (Å²) in [5.74, 6) is 0. The molecule has 0 aliphatic heterocycles. The summed E-state index contributed by atoms with van der Waals surface area (Å²) in [6.45, 7) is 1.93. The van der Waals surface area contributed by atoms with Gasteiger partial charge >= 0.3 is 0 Å². The maximum Gasteiger partial charge on any atom is 0.270 e. The second-order valence-electron chi connectivity index (χ2n) is 4.97. The van der Waals surface area contributed by atoms with E-state index in [9.17, 15) is 18.5 Å². The lowest BCUT2D eigenvalue weighted by molar-refractivity contribution is -0.385. The molecule has 0 aliphatic rings. The maximum atomic E-state index is 11.9. The van der Waals surface area contributed by atoms with E-state index in [4.69, 9.17) is 11.6 Å². The molecule has 0 heterocycles. The van der Waals surface area contributed by atoms with E-state index in [1.807, 2.05) is 19.1 Å². The molecule has 0 amide bonds. The van der Waals surface area contributed by atoms with E-state index in [2.05, 4.69) is 0 Å². The van der Waals surface area contributed by atoms with Gasteiger partial charge in [0.05, 0.1) is 9.82 Å². The Morgan fingerprint density at radius 3 is 2.30 bits per heavy atom. The molecule has 0 aromatic heterocycles. The smallest absolute Gasteiger partial charge is 0.258 e. The molecule has 0 saturated heterocycles. The van der Waals surface area contributed by atoms with Gasteiger partial charge in [-0.2, -0.15) is 0 Å². The molecule has 0 aliphatic carbocycles. The molecule has 2 aromatic carbocycles. The largest absolute Gasteiger partial charge is 0.270 e. The predicted octanol–water partition coefficient (Wildman–Crippen LogP) is 4.51. The zero-order valence-corrected chi connectivity index (χ0v) is 14.8. The van der Waals surface area contributed by atoms with Gasteiger partial charge in [-0.1, -0.05) is 23.7 Å². The number of hydrogen-bond acceptors (Lipinski definition) is 5. The van der Waals surface area contributed by atoms with Crippen molar-refractivity contribution in [3.63, 3.8) is 0 Å². The van der Waals surface area contributed by atoms with E-state index in [0.29, 0.717) is 9.92 Å². The Kier molecular flexibility index (Phi) is 5.33. The van der Waals surface area contributed by atoms with E-state index >= 15 is 0 Å². The van der Waals surface area contributed by atoms with Gasteiger partial charge in [-0.05, 0) is 30.7 Å². The van der Waals surface area contributed by atoms with Gasteiger partial charge < -0.3 is 0 Å². The van der Waals surface area contributed by atoms with Crippen LogP contribution in [0.25, 0.3) is 0 Å². The molecule has 0 N–H and O–H groups in total. The molecule has 0 fully saturated rings. The first-order valence-corrected chi connectivity index (χ1v) is 9.74. The third-order valence-electron chi connectivity index (χ3n) is 3.18. The summed E-state index contributed by atoms with van der Waals surface area (Å²) in [6.07, 6.45) is 1.04. The zero-order chi connectivity index (χ0) is 17.2. The summed E-state index contributed by atoms with van der Waals surface area (Å²) < 4.78 is 23.9. The number of nitro benzene ring substituents is 1. The van der Waals surface area contributed by atoms with Gasteiger partial charge in [0.2, 0.25) is 0 Å². The summed E-state index contributed by atoms with van der Waals surface area (Å²) in [5.41, 5.74) is 0.742. The van der Waals surface area contributed by atoms with Crippen LogP contribution in [-0.2, 0) is 9.84 Å². The molecule has 0 radical (unpaired) electrons. The van der Waals surface area contributed by atoms with Crippen LogP contribution in [0.1, 0.15) is 17.7 Å². The molecular weight excluding hydrogens is 358 g/mol. The lowest BCUT2D eigenvalue weighted by atomic mass is 10.2. The summed E-state index contributed by atoms with van der Waals surface area (Å²) in [4.78, 5) is 10.7. The first-order valence-electron chi connectivity index (χ1n) is 6.59. The standard InChI is InChI=1S/C15H14ClNO4S2/c1-10(11-3-5-12(16)6-4-11)22-14-8-7-13(17(18)19)9-15(14)23(2,20)21/h3-10H,1-2H3. The van der Waals surface area contributed by atoms with Gasteiger partial charge in [0.25, 0.3) is 5.69 Å². The second-order valence-corrected chi connectivity index (χ2v) is 8.78. The van der Waals surface area contributed by atoms with Crippen molar-refractivity contribution in [2.45, 2.75) is 22.0 Å². The fourth-order valence-corrected chi connectivity index (χ4v) is 4.48. The highest BCUT2D eigenvalue weighted by atomic mass is 35.5. The molecular formula is C15H14ClNO4S2. The van der Waals surface area contributed by atoms with Crippen LogP contribution in [-0.4, -0.2) is 19.6 Å². The highest BCUT2D eigenvalue weighted by Gasteiger charge is 2.20. The number of sulfone groups is 1. The fourth-order valence-electron chi connectivity index (χ4n) is 1.99. The number of non-ortho nitro benzene ring substituents is 1. The minimum absolute atomic E-state index is 0.0301. The summed E-state index contributed by atoms with van der Waals surface area (Å²) in [5, 5.41) is 11.4. The maximum absolute atomic E-state index is 11.9. The zero-order valence-electron chi connectivity index (χ0n) is 12.4. The Balaban J connectivity index is 2.39. The number of nitro groups is 1. The summed E-state index contributed by atoms with van der Waals surface area (Å²) in [6, 6.07) is 11.2. The average molecular weight is 372 g/mol. The van der Waals surface area contributed by atoms with E-state index in [1.165, 1.54) is 23.9 Å². The molecule has 2 aromatic rings. The molecule has 5 nitrogen and oxygen atoms in total. The van der Waals surface area contributed by atoms with Crippen LogP contribution in [0.3, 0.4) is 0 Å². The van der Waals surface area contributed by atoms with Crippen molar-refractivity contribution in [2.24, 2.45) is 0 Å². The molecule has 122 valence electrons. The van der Waals surface area contributed by atoms with Crippen molar-refractivity contribution in [3.05, 3.63) is 63.2 Å². The summed E-state index contributed by atoms with van der Waals surface area (Å²) >= 11 is 7.19. The lowest BCUT2D eigenvalue weighted by Crippen LogP contribution is -2.02. The van der Waals surface area contributed by atoms with Gasteiger partial charge in [-0.3, -0.25) is 10.1 Å². The minimum Gasteiger partial charge on any atom is -0.258 e. The average Bonchev–Trinajstić information content (AvgIpc) is 2.46. The molecule has 8 heteroatoms. The Morgan fingerprint density at radius 1 is 1.17 bits per heavy atom. The molecule has 1 unspecified atom stereocenters. The third kappa shape index (κ3) is 4.46. The predicted molar refractivity (Wildman–Crippen MR) is 91.9 cm³/mol. The Hall–Kier alpha value is -1.57. The lowest BCUT2D eigenvalue weighted by Gasteiger charge is -2.14. The first-order chi connectivity index (χ1) is 10.7. The van der Waals surface area contributed by atoms with Crippen molar-refractivity contribution in [1.29, 1.82) is 0 Å². The van der Waals surface area contributed by atoms with Gasteiger partial charge in [0, 0.05) is 33.6 Å². The van der Waals surface area contributed by atoms with E-state index in [-0.39, 0.29) is 15.8 Å². The fraction of sp³-hybridized carbons (Fsp3) is 0.200.